The quantitative estimate of drug-likeness (QED) is 0.247. The lowest BCUT2D eigenvalue weighted by atomic mass is 9.97. The molecular formula is C14H26ClN3O6. The van der Waals surface area contributed by atoms with E-state index >= 15 is 0 Å². The van der Waals surface area contributed by atoms with Gasteiger partial charge in [-0.15, -0.1) is 12.4 Å². The molecule has 24 heavy (non-hydrogen) atoms. The molecule has 0 aliphatic rings. The first-order valence-electron chi connectivity index (χ1n) is 7.11. The maximum atomic E-state index is 12.0. The molecule has 0 heterocycles. The number of carboxylic acid groups (broad SMARTS) is 1. The van der Waals surface area contributed by atoms with Crippen molar-refractivity contribution in [2.45, 2.75) is 31.9 Å². The van der Waals surface area contributed by atoms with E-state index in [9.17, 15) is 24.3 Å². The Labute approximate surface area is 147 Å². The number of quaternary nitrogens is 1. The highest BCUT2D eigenvalue weighted by atomic mass is 35.5. The minimum Gasteiger partial charge on any atom is -0.549 e. The third-order valence-electron chi connectivity index (χ3n) is 3.06. The Hall–Kier alpha value is -1.71. The molecule has 0 fully saturated rings. The van der Waals surface area contributed by atoms with Gasteiger partial charge in [-0.05, 0) is 13.3 Å². The summed E-state index contributed by atoms with van der Waals surface area (Å²) in [5, 5.41) is 11.2. The molecule has 4 N–H and O–H groups in total. The second kappa shape index (κ2) is 10.2. The number of Topliss-reactive ketones (excluding diaryl/α,β-unsaturated/α-hetero) is 1. The first-order valence-corrected chi connectivity index (χ1v) is 7.11. The number of amides is 1. The van der Waals surface area contributed by atoms with E-state index in [2.05, 4.69) is 0 Å². The van der Waals surface area contributed by atoms with Gasteiger partial charge in [0, 0.05) is 6.42 Å². The van der Waals surface area contributed by atoms with Crippen molar-refractivity contribution in [3.8, 4) is 0 Å². The number of hydrogen-bond donors (Lipinski definition) is 2. The molecule has 0 saturated heterocycles. The summed E-state index contributed by atoms with van der Waals surface area (Å²) in [7, 11) is 5.25. The Balaban J connectivity index is 0. The molecule has 0 bridgehead atoms. The number of ketones is 1. The lowest BCUT2D eigenvalue weighted by Gasteiger charge is -2.33. The lowest BCUT2D eigenvalue weighted by Crippen LogP contribution is -2.53. The summed E-state index contributed by atoms with van der Waals surface area (Å²) in [5.41, 5.74) is 10.6. The Morgan fingerprint density at radius 1 is 1.17 bits per heavy atom. The largest absolute Gasteiger partial charge is 0.549 e. The van der Waals surface area contributed by atoms with Crippen LogP contribution in [0.15, 0.2) is 0 Å². The third-order valence-corrected chi connectivity index (χ3v) is 3.06. The molecule has 0 aromatic carbocycles. The maximum Gasteiger partial charge on any atom is 0.323 e. The molecule has 10 heteroatoms. The molecule has 0 aliphatic heterocycles. The highest BCUT2D eigenvalue weighted by molar-refractivity contribution is 5.97. The Kier molecular flexibility index (Phi) is 10.4. The number of carbonyl (C=O) groups excluding carboxylic acids is 4. The number of likely N-dealkylation sites (N-methyl/N-ethyl adjacent to an activating group) is 1. The SMILES string of the molecule is CC(=O)C(C(=O)[O-])C(C[N+](C)(C)C)OC(=O)[C@@H](N)CCC(N)=O.Cl. The highest BCUT2D eigenvalue weighted by Gasteiger charge is 2.35. The number of ether oxygens (including phenoxy) is 1. The van der Waals surface area contributed by atoms with Gasteiger partial charge in [-0.2, -0.15) is 0 Å². The zero-order chi connectivity index (χ0) is 18.4. The van der Waals surface area contributed by atoms with Crippen LogP contribution in [-0.2, 0) is 23.9 Å². The molecule has 0 rings (SSSR count). The van der Waals surface area contributed by atoms with E-state index in [0.29, 0.717) is 0 Å². The molecule has 1 amide bonds. The topological polar surface area (TPSA) is 153 Å². The predicted molar refractivity (Wildman–Crippen MR) is 85.6 cm³/mol. The van der Waals surface area contributed by atoms with Crippen molar-refractivity contribution in [1.82, 2.24) is 0 Å². The molecule has 9 nitrogen and oxygen atoms in total. The summed E-state index contributed by atoms with van der Waals surface area (Å²) in [6.07, 6.45) is -1.35. The lowest BCUT2D eigenvalue weighted by molar-refractivity contribution is -0.873. The van der Waals surface area contributed by atoms with Gasteiger partial charge in [0.25, 0.3) is 0 Å². The number of halogens is 1. The van der Waals surface area contributed by atoms with Gasteiger partial charge in [0.1, 0.15) is 18.4 Å². The van der Waals surface area contributed by atoms with Gasteiger partial charge >= 0.3 is 5.97 Å². The average molecular weight is 368 g/mol. The summed E-state index contributed by atoms with van der Waals surface area (Å²) in [5.74, 6) is -5.39. The first-order chi connectivity index (χ1) is 10.3. The summed E-state index contributed by atoms with van der Waals surface area (Å²) < 4.78 is 5.39. The third kappa shape index (κ3) is 9.43. The normalized spacial score (nSPS) is 14.7. The van der Waals surface area contributed by atoms with Crippen molar-refractivity contribution in [2.75, 3.05) is 27.7 Å². The monoisotopic (exact) mass is 367 g/mol. The van der Waals surface area contributed by atoms with Gasteiger partial charge in [0.05, 0.1) is 33.0 Å². The number of carboxylic acids is 1. The fourth-order valence-corrected chi connectivity index (χ4v) is 1.98. The summed E-state index contributed by atoms with van der Waals surface area (Å²) >= 11 is 0. The maximum absolute atomic E-state index is 12.0. The first kappa shape index (κ1) is 24.5. The van der Waals surface area contributed by atoms with Crippen molar-refractivity contribution in [3.05, 3.63) is 0 Å². The molecule has 0 saturated carbocycles. The van der Waals surface area contributed by atoms with Crippen LogP contribution in [0.2, 0.25) is 0 Å². The number of nitrogens with zero attached hydrogens (tertiary/aromatic N) is 1. The second-order valence-corrected chi connectivity index (χ2v) is 6.47. The molecule has 140 valence electrons. The fraction of sp³-hybridized carbons (Fsp3) is 0.714. The van der Waals surface area contributed by atoms with Gasteiger partial charge < -0.3 is 30.6 Å². The van der Waals surface area contributed by atoms with Crippen LogP contribution in [0.5, 0.6) is 0 Å². The van der Waals surface area contributed by atoms with Crippen LogP contribution in [0.3, 0.4) is 0 Å². The van der Waals surface area contributed by atoms with E-state index in [1.165, 1.54) is 0 Å². The van der Waals surface area contributed by atoms with E-state index < -0.39 is 41.7 Å². The Morgan fingerprint density at radius 2 is 1.67 bits per heavy atom. The van der Waals surface area contributed by atoms with E-state index in [0.717, 1.165) is 6.92 Å². The number of primary amides is 1. The van der Waals surface area contributed by atoms with Crippen LogP contribution < -0.4 is 16.6 Å². The summed E-state index contributed by atoms with van der Waals surface area (Å²) in [6.45, 7) is 1.16. The second-order valence-electron chi connectivity index (χ2n) is 6.47. The molecular weight excluding hydrogens is 342 g/mol. The average Bonchev–Trinajstić information content (AvgIpc) is 2.32. The molecule has 3 atom stereocenters. The van der Waals surface area contributed by atoms with Crippen molar-refractivity contribution in [3.63, 3.8) is 0 Å². The molecule has 0 aliphatic carbocycles. The zero-order valence-corrected chi connectivity index (χ0v) is 15.1. The Morgan fingerprint density at radius 3 is 2.00 bits per heavy atom. The summed E-state index contributed by atoms with van der Waals surface area (Å²) in [4.78, 5) is 45.5. The van der Waals surface area contributed by atoms with Crippen molar-refractivity contribution in [2.24, 2.45) is 17.4 Å². The zero-order valence-electron chi connectivity index (χ0n) is 14.3. The number of esters is 1. The fourth-order valence-electron chi connectivity index (χ4n) is 1.98. The van der Waals surface area contributed by atoms with Gasteiger partial charge in [-0.3, -0.25) is 14.4 Å². The van der Waals surface area contributed by atoms with Crippen LogP contribution in [0.1, 0.15) is 19.8 Å². The number of nitrogens with two attached hydrogens (primary N) is 2. The molecule has 0 radical (unpaired) electrons. The van der Waals surface area contributed by atoms with E-state index in [1.54, 1.807) is 21.1 Å². The molecule has 0 spiro atoms. The van der Waals surface area contributed by atoms with Gasteiger partial charge in [0.15, 0.2) is 6.10 Å². The minimum atomic E-state index is -1.62. The van der Waals surface area contributed by atoms with Crippen LogP contribution >= 0.6 is 12.4 Å². The van der Waals surface area contributed by atoms with Crippen LogP contribution in [0, 0.1) is 5.92 Å². The van der Waals surface area contributed by atoms with Crippen LogP contribution in [-0.4, -0.2) is 67.9 Å². The van der Waals surface area contributed by atoms with E-state index in [-0.39, 0.29) is 36.3 Å². The number of aliphatic carboxylic acids is 1. The number of rotatable bonds is 10. The standard InChI is InChI=1S/C14H25N3O6.ClH/c1-8(18)12(13(20)21)10(7-17(2,3)4)23-14(22)9(15)5-6-11(16)19;/h9-10,12H,5-7,15H2,1-4H3,(H2-,16,19,20,21);1H/t9-,10?,12?;/m0./s1. The van der Waals surface area contributed by atoms with Crippen molar-refractivity contribution < 1.29 is 33.5 Å². The van der Waals surface area contributed by atoms with Crippen LogP contribution in [0.25, 0.3) is 0 Å². The van der Waals surface area contributed by atoms with Gasteiger partial charge in [-0.1, -0.05) is 0 Å². The Bertz CT molecular complexity index is 464. The van der Waals surface area contributed by atoms with Crippen molar-refractivity contribution in [1.29, 1.82) is 0 Å². The minimum absolute atomic E-state index is 0. The summed E-state index contributed by atoms with van der Waals surface area (Å²) in [6, 6.07) is -1.13. The smallest absolute Gasteiger partial charge is 0.323 e. The molecule has 2 unspecified atom stereocenters. The van der Waals surface area contributed by atoms with Gasteiger partial charge in [-0.25, -0.2) is 0 Å². The van der Waals surface area contributed by atoms with Crippen molar-refractivity contribution >= 4 is 36.0 Å². The van der Waals surface area contributed by atoms with E-state index in [4.69, 9.17) is 16.2 Å². The van der Waals surface area contributed by atoms with Crippen LogP contribution in [0.4, 0.5) is 0 Å². The molecule has 0 aromatic rings. The highest BCUT2D eigenvalue weighted by Crippen LogP contribution is 2.14. The molecule has 0 aromatic heterocycles. The van der Waals surface area contributed by atoms with E-state index in [1.807, 2.05) is 0 Å². The predicted octanol–water partition coefficient (Wildman–Crippen LogP) is -2.43. The number of carbonyl (C=O) groups is 4. The number of hydrogen-bond acceptors (Lipinski definition) is 7. The van der Waals surface area contributed by atoms with Gasteiger partial charge in [0.2, 0.25) is 5.91 Å².